The summed E-state index contributed by atoms with van der Waals surface area (Å²) >= 11 is 0. The Labute approximate surface area is 136 Å². The molecule has 2 aromatic carbocycles. The minimum atomic E-state index is -0.256. The molecule has 0 spiro atoms. The standard InChI is InChI=1S/C18H21N3O2/c1-13(22)19-12-18(23)20-16-11-15(9-10-17(16)21(2)3)14-7-5-4-6-8-14/h4-11H,12H2,1-3H3,(H,19,22)(H,20,23). The van der Waals surface area contributed by atoms with Crippen molar-refractivity contribution in [2.24, 2.45) is 0 Å². The van der Waals surface area contributed by atoms with Crippen LogP contribution in [0.4, 0.5) is 11.4 Å². The van der Waals surface area contributed by atoms with Crippen molar-refractivity contribution in [3.05, 3.63) is 48.5 Å². The number of nitrogens with zero attached hydrogens (tertiary/aromatic N) is 1. The van der Waals surface area contributed by atoms with Gasteiger partial charge in [-0.05, 0) is 23.3 Å². The highest BCUT2D eigenvalue weighted by Crippen LogP contribution is 2.30. The zero-order valence-corrected chi connectivity index (χ0v) is 13.6. The molecule has 0 atom stereocenters. The minimum Gasteiger partial charge on any atom is -0.376 e. The third kappa shape index (κ3) is 4.57. The molecule has 0 radical (unpaired) electrons. The van der Waals surface area contributed by atoms with Crippen LogP contribution in [0.15, 0.2) is 48.5 Å². The molecule has 5 heteroatoms. The Bertz CT molecular complexity index is 697. The molecule has 0 heterocycles. The normalized spacial score (nSPS) is 10.0. The summed E-state index contributed by atoms with van der Waals surface area (Å²) < 4.78 is 0. The molecule has 23 heavy (non-hydrogen) atoms. The van der Waals surface area contributed by atoms with Gasteiger partial charge in [0, 0.05) is 21.0 Å². The highest BCUT2D eigenvalue weighted by atomic mass is 16.2. The number of rotatable bonds is 5. The van der Waals surface area contributed by atoms with E-state index in [0.717, 1.165) is 16.8 Å². The Hall–Kier alpha value is -2.82. The van der Waals surface area contributed by atoms with Gasteiger partial charge in [-0.3, -0.25) is 9.59 Å². The van der Waals surface area contributed by atoms with Crippen LogP contribution in [0.5, 0.6) is 0 Å². The predicted molar refractivity (Wildman–Crippen MR) is 93.5 cm³/mol. The lowest BCUT2D eigenvalue weighted by molar-refractivity contribution is -0.122. The van der Waals surface area contributed by atoms with Gasteiger partial charge in [0.2, 0.25) is 11.8 Å². The number of hydrogen-bond donors (Lipinski definition) is 2. The molecular weight excluding hydrogens is 290 g/mol. The van der Waals surface area contributed by atoms with Gasteiger partial charge in [-0.15, -0.1) is 0 Å². The van der Waals surface area contributed by atoms with E-state index < -0.39 is 0 Å². The average molecular weight is 311 g/mol. The van der Waals surface area contributed by atoms with E-state index in [1.54, 1.807) is 0 Å². The molecule has 0 fully saturated rings. The van der Waals surface area contributed by atoms with E-state index in [2.05, 4.69) is 10.6 Å². The van der Waals surface area contributed by atoms with Gasteiger partial charge in [-0.25, -0.2) is 0 Å². The monoisotopic (exact) mass is 311 g/mol. The van der Waals surface area contributed by atoms with Crippen LogP contribution in [-0.4, -0.2) is 32.5 Å². The molecule has 5 nitrogen and oxygen atoms in total. The first-order chi connectivity index (χ1) is 11.0. The fourth-order valence-corrected chi connectivity index (χ4v) is 2.24. The highest BCUT2D eigenvalue weighted by Gasteiger charge is 2.10. The summed E-state index contributed by atoms with van der Waals surface area (Å²) in [6.45, 7) is 1.34. The smallest absolute Gasteiger partial charge is 0.243 e. The summed E-state index contributed by atoms with van der Waals surface area (Å²) in [6.07, 6.45) is 0. The molecule has 0 aliphatic rings. The zero-order valence-electron chi connectivity index (χ0n) is 13.6. The van der Waals surface area contributed by atoms with Crippen LogP contribution >= 0.6 is 0 Å². The van der Waals surface area contributed by atoms with Gasteiger partial charge in [0.05, 0.1) is 17.9 Å². The quantitative estimate of drug-likeness (QED) is 0.892. The Balaban J connectivity index is 2.27. The number of carbonyl (C=O) groups excluding carboxylic acids is 2. The first kappa shape index (κ1) is 16.5. The topological polar surface area (TPSA) is 61.4 Å². The number of hydrogen-bond acceptors (Lipinski definition) is 3. The lowest BCUT2D eigenvalue weighted by Crippen LogP contribution is -2.31. The van der Waals surface area contributed by atoms with Crippen LogP contribution in [0, 0.1) is 0 Å². The Kier molecular flexibility index (Phi) is 5.36. The average Bonchev–Trinajstić information content (AvgIpc) is 2.53. The van der Waals surface area contributed by atoms with E-state index in [4.69, 9.17) is 0 Å². The van der Waals surface area contributed by atoms with Crippen LogP contribution < -0.4 is 15.5 Å². The van der Waals surface area contributed by atoms with Gasteiger partial charge >= 0.3 is 0 Å². The molecule has 0 aromatic heterocycles. The van der Waals surface area contributed by atoms with Crippen LogP contribution in [0.25, 0.3) is 11.1 Å². The molecule has 2 aromatic rings. The second-order valence-corrected chi connectivity index (χ2v) is 5.45. The third-order valence-corrected chi connectivity index (χ3v) is 3.36. The molecule has 0 unspecified atom stereocenters. The first-order valence-corrected chi connectivity index (χ1v) is 7.38. The lowest BCUT2D eigenvalue weighted by atomic mass is 10.0. The zero-order chi connectivity index (χ0) is 16.8. The molecule has 2 amide bonds. The van der Waals surface area contributed by atoms with Crippen LogP contribution in [-0.2, 0) is 9.59 Å². The number of amides is 2. The van der Waals surface area contributed by atoms with E-state index in [0.29, 0.717) is 5.69 Å². The summed E-state index contributed by atoms with van der Waals surface area (Å²) in [5.41, 5.74) is 3.72. The fourth-order valence-electron chi connectivity index (χ4n) is 2.24. The SMILES string of the molecule is CC(=O)NCC(=O)Nc1cc(-c2ccccc2)ccc1N(C)C. The Morgan fingerprint density at radius 1 is 1.00 bits per heavy atom. The van der Waals surface area contributed by atoms with Crippen molar-refractivity contribution in [3.63, 3.8) is 0 Å². The highest BCUT2D eigenvalue weighted by molar-refractivity contribution is 5.98. The van der Waals surface area contributed by atoms with E-state index >= 15 is 0 Å². The van der Waals surface area contributed by atoms with Crippen LogP contribution in [0.3, 0.4) is 0 Å². The van der Waals surface area contributed by atoms with Gasteiger partial charge in [-0.2, -0.15) is 0 Å². The van der Waals surface area contributed by atoms with Gasteiger partial charge in [0.15, 0.2) is 0 Å². The number of carbonyl (C=O) groups is 2. The summed E-state index contributed by atoms with van der Waals surface area (Å²) in [7, 11) is 3.84. The lowest BCUT2D eigenvalue weighted by Gasteiger charge is -2.19. The van der Waals surface area contributed by atoms with E-state index in [1.165, 1.54) is 6.92 Å². The molecule has 2 rings (SSSR count). The summed E-state index contributed by atoms with van der Waals surface area (Å²) in [4.78, 5) is 24.8. The second kappa shape index (κ2) is 7.45. The van der Waals surface area contributed by atoms with E-state index in [-0.39, 0.29) is 18.4 Å². The molecule has 0 bridgehead atoms. The summed E-state index contributed by atoms with van der Waals surface area (Å²) in [6, 6.07) is 15.9. The van der Waals surface area contributed by atoms with Crippen molar-refractivity contribution in [3.8, 4) is 11.1 Å². The number of anilines is 2. The van der Waals surface area contributed by atoms with Crippen LogP contribution in [0.1, 0.15) is 6.92 Å². The molecular formula is C18H21N3O2. The van der Waals surface area contributed by atoms with Crippen molar-refractivity contribution in [2.75, 3.05) is 30.9 Å². The number of benzene rings is 2. The minimum absolute atomic E-state index is 0.0439. The molecule has 0 aliphatic heterocycles. The molecule has 120 valence electrons. The Morgan fingerprint density at radius 3 is 2.30 bits per heavy atom. The van der Waals surface area contributed by atoms with Crippen molar-refractivity contribution in [1.82, 2.24) is 5.32 Å². The van der Waals surface area contributed by atoms with Crippen molar-refractivity contribution >= 4 is 23.2 Å². The van der Waals surface area contributed by atoms with E-state index in [1.807, 2.05) is 67.5 Å². The van der Waals surface area contributed by atoms with Crippen molar-refractivity contribution < 1.29 is 9.59 Å². The van der Waals surface area contributed by atoms with Gasteiger partial charge in [0.1, 0.15) is 0 Å². The fraction of sp³-hybridized carbons (Fsp3) is 0.222. The second-order valence-electron chi connectivity index (χ2n) is 5.45. The first-order valence-electron chi connectivity index (χ1n) is 7.38. The maximum Gasteiger partial charge on any atom is 0.243 e. The van der Waals surface area contributed by atoms with Gasteiger partial charge < -0.3 is 15.5 Å². The summed E-state index contributed by atoms with van der Waals surface area (Å²) in [5, 5.41) is 5.36. The molecule has 0 saturated carbocycles. The third-order valence-electron chi connectivity index (χ3n) is 3.36. The summed E-state index contributed by atoms with van der Waals surface area (Å²) in [5.74, 6) is -0.487. The molecule has 2 N–H and O–H groups in total. The molecule has 0 saturated heterocycles. The number of nitrogens with one attached hydrogen (secondary N) is 2. The van der Waals surface area contributed by atoms with Gasteiger partial charge in [-0.1, -0.05) is 36.4 Å². The van der Waals surface area contributed by atoms with Gasteiger partial charge in [0.25, 0.3) is 0 Å². The van der Waals surface area contributed by atoms with E-state index in [9.17, 15) is 9.59 Å². The predicted octanol–water partition coefficient (Wildman–Crippen LogP) is 2.49. The maximum atomic E-state index is 12.0. The largest absolute Gasteiger partial charge is 0.376 e. The molecule has 0 aliphatic carbocycles. The van der Waals surface area contributed by atoms with Crippen molar-refractivity contribution in [2.45, 2.75) is 6.92 Å². The van der Waals surface area contributed by atoms with Crippen molar-refractivity contribution in [1.29, 1.82) is 0 Å². The van der Waals surface area contributed by atoms with Crippen LogP contribution in [0.2, 0.25) is 0 Å². The Morgan fingerprint density at radius 2 is 1.70 bits per heavy atom. The maximum absolute atomic E-state index is 12.0.